The fourth-order valence-electron chi connectivity index (χ4n) is 8.79. The summed E-state index contributed by atoms with van der Waals surface area (Å²) in [6, 6.07) is 11.7. The number of carbonyl (C=O) groups excluding carboxylic acids is 3. The lowest BCUT2D eigenvalue weighted by atomic mass is 10.1. The summed E-state index contributed by atoms with van der Waals surface area (Å²) in [5.41, 5.74) is 1.84. The molecule has 0 aliphatic carbocycles. The number of hydrogen-bond donors (Lipinski definition) is 12. The third-order valence-corrected chi connectivity index (χ3v) is 16.8. The molecule has 3 aromatic carbocycles. The molecule has 1 fully saturated rings. The monoisotopic (exact) mass is 1250 g/mol. The predicted octanol–water partition coefficient (Wildman–Crippen LogP) is -2.67. The summed E-state index contributed by atoms with van der Waals surface area (Å²) in [4.78, 5) is 99.3. The van der Waals surface area contributed by atoms with Crippen LogP contribution in [0.5, 0.6) is 0 Å². The Labute approximate surface area is 487 Å². The molecule has 12 N–H and O–H groups in total. The number of imidazole rings is 1. The summed E-state index contributed by atoms with van der Waals surface area (Å²) in [5.74, 6) is -8.37. The lowest BCUT2D eigenvalue weighted by molar-refractivity contribution is -0.140. The first-order valence-corrected chi connectivity index (χ1v) is 30.8. The largest absolute Gasteiger partial charge is 0.480 e. The van der Waals surface area contributed by atoms with Gasteiger partial charge in [-0.1, -0.05) is 24.3 Å². The van der Waals surface area contributed by atoms with Crippen LogP contribution in [0.3, 0.4) is 0 Å². The minimum atomic E-state index is -4.91. The number of rotatable bonds is 30. The highest BCUT2D eigenvalue weighted by Gasteiger charge is 2.29. The van der Waals surface area contributed by atoms with E-state index >= 15 is 0 Å². The number of aromatic nitrogens is 4. The Kier molecular flexibility index (Phi) is 23.9. The normalized spacial score (nSPS) is 15.4. The van der Waals surface area contributed by atoms with Crippen molar-refractivity contribution >= 4 is 88.6 Å². The Hall–Kier alpha value is -8.00. The van der Waals surface area contributed by atoms with Gasteiger partial charge in [-0.15, -0.1) is 0 Å². The van der Waals surface area contributed by atoms with E-state index in [0.29, 0.717) is 35.6 Å². The van der Waals surface area contributed by atoms with Crippen molar-refractivity contribution in [3.8, 4) is 11.1 Å². The maximum atomic E-state index is 13.4. The minimum absolute atomic E-state index is 0.0177. The molecule has 462 valence electrons. The van der Waals surface area contributed by atoms with E-state index in [1.165, 1.54) is 63.2 Å². The second-order valence-electron chi connectivity index (χ2n) is 19.5. The molecule has 35 heteroatoms. The quantitative estimate of drug-likeness (QED) is 0.0165. The summed E-state index contributed by atoms with van der Waals surface area (Å²) in [7, 11) is -13.6. The Morgan fingerprint density at radius 2 is 1.15 bits per heavy atom. The number of carbonyl (C=O) groups is 7. The summed E-state index contributed by atoms with van der Waals surface area (Å²) < 4.78 is 92.9. The molecule has 1 aliphatic heterocycles. The third-order valence-electron chi connectivity index (χ3n) is 13.1. The molecule has 3 heterocycles. The number of benzene rings is 3. The fourth-order valence-corrected chi connectivity index (χ4v) is 11.7. The molecule has 6 rings (SSSR count). The Morgan fingerprint density at radius 3 is 1.65 bits per heavy atom. The van der Waals surface area contributed by atoms with Gasteiger partial charge in [0.1, 0.15) is 17.8 Å². The second kappa shape index (κ2) is 30.7. The molecular weight excluding hydrogens is 1180 g/mol. The molecular formula is C50H66N14O18S3. The number of sulfonamides is 2. The van der Waals surface area contributed by atoms with Gasteiger partial charge in [0, 0.05) is 108 Å². The van der Waals surface area contributed by atoms with Gasteiger partial charge in [-0.05, 0) is 60.0 Å². The average molecular weight is 1250 g/mol. The zero-order valence-electron chi connectivity index (χ0n) is 45.6. The van der Waals surface area contributed by atoms with E-state index < -0.39 is 129 Å². The summed E-state index contributed by atoms with van der Waals surface area (Å²) in [5, 5.41) is 53.5. The van der Waals surface area contributed by atoms with Crippen molar-refractivity contribution in [2.45, 2.75) is 34.8 Å². The molecule has 1 saturated heterocycles. The molecule has 0 bridgehead atoms. The number of nitrogens with zero attached hydrogens (tertiary/aromatic N) is 7. The molecule has 2 unspecified atom stereocenters. The van der Waals surface area contributed by atoms with Gasteiger partial charge < -0.3 is 46.7 Å². The van der Waals surface area contributed by atoms with Crippen LogP contribution >= 0.6 is 0 Å². The highest BCUT2D eigenvalue weighted by molar-refractivity contribution is 7.89. The third kappa shape index (κ3) is 21.5. The van der Waals surface area contributed by atoms with Crippen molar-refractivity contribution in [2.75, 3.05) is 116 Å². The lowest BCUT2D eigenvalue weighted by Crippen LogP contribution is -2.54. The fraction of sp³-hybridized carbons (Fsp3) is 0.420. The van der Waals surface area contributed by atoms with Gasteiger partial charge in [0.2, 0.25) is 31.9 Å². The standard InChI is InChI=1S/C50H66N14O18S3/c65-43(29-60-18-20-61(30-44(66)67)22-24-63(32-46(70)71)25-23-62(21-19-60)31-45(68)69)58-41(33-83(76,77)78)48(73)51-15-16-57-84(79,80)38-7-2-34(3-8-38)35-4-9-39(10-5-35)85(81,82)59-40(49(74)75)28-55-47(72)36-6-11-42-37(26-36)27-56-64(42)17-1-12-52-50-53-13-14-54-50/h2-11,13-14,26-27,40-41,57,59H,1,12,15-25,28-33H2,(H,51,73)(H,55,72)(H,58,65)(H,66,67)(H,68,69)(H,70,71)(H,74,75)(H2,52,53,54)(H,76,77,78). The van der Waals surface area contributed by atoms with Gasteiger partial charge in [0.05, 0.1) is 47.7 Å². The van der Waals surface area contributed by atoms with Crippen molar-refractivity contribution in [1.29, 1.82) is 0 Å². The molecule has 0 radical (unpaired) electrons. The van der Waals surface area contributed by atoms with Gasteiger partial charge in [0.15, 0.2) is 5.95 Å². The summed E-state index contributed by atoms with van der Waals surface area (Å²) >= 11 is 0. The molecule has 85 heavy (non-hydrogen) atoms. The number of amides is 3. The van der Waals surface area contributed by atoms with E-state index in [1.807, 2.05) is 0 Å². The maximum absolute atomic E-state index is 13.4. The average Bonchev–Trinajstić information content (AvgIpc) is 4.01. The Bertz CT molecular complexity index is 3450. The predicted molar refractivity (Wildman–Crippen MR) is 303 cm³/mol. The number of aliphatic carboxylic acids is 4. The minimum Gasteiger partial charge on any atom is -0.480 e. The van der Waals surface area contributed by atoms with Gasteiger partial charge in [-0.25, -0.2) is 26.5 Å². The molecule has 2 aromatic heterocycles. The van der Waals surface area contributed by atoms with Crippen LogP contribution in [-0.2, 0) is 65.5 Å². The molecule has 5 aromatic rings. The van der Waals surface area contributed by atoms with Gasteiger partial charge >= 0.3 is 23.9 Å². The number of carboxylic acid groups (broad SMARTS) is 4. The number of hydrogen-bond acceptors (Lipinski definition) is 20. The topological polar surface area (TPSA) is 455 Å². The van der Waals surface area contributed by atoms with Crippen LogP contribution in [0, 0.1) is 0 Å². The molecule has 3 amide bonds. The van der Waals surface area contributed by atoms with Crippen LogP contribution in [0.2, 0.25) is 0 Å². The SMILES string of the molecule is O=C(O)CN1CCN(CC(=O)O)CCN(CC(=O)NC(CS(=O)(=O)O)C(=O)NCCNS(=O)(=O)c2ccc(-c3ccc(S(=O)(=O)NC(CNC(=O)c4ccc5c(cnn5CCCNc5ncc[nH]5)c4)C(=O)O)cc3)cc2)CCN(CC(=O)O)CC1. The highest BCUT2D eigenvalue weighted by Crippen LogP contribution is 2.24. The van der Waals surface area contributed by atoms with Crippen molar-refractivity contribution in [2.24, 2.45) is 0 Å². The summed E-state index contributed by atoms with van der Waals surface area (Å²) in [6.45, 7) is -1.47. The number of aryl methyl sites for hydroxylation is 1. The number of carboxylic acids is 4. The Balaban J connectivity index is 0.981. The van der Waals surface area contributed by atoms with E-state index in [1.54, 1.807) is 46.4 Å². The molecule has 2 atom stereocenters. The van der Waals surface area contributed by atoms with Crippen molar-refractivity contribution in [1.82, 2.24) is 64.7 Å². The van der Waals surface area contributed by atoms with Crippen molar-refractivity contribution in [3.05, 3.63) is 90.9 Å². The van der Waals surface area contributed by atoms with Crippen LogP contribution in [0.1, 0.15) is 16.8 Å². The van der Waals surface area contributed by atoms with E-state index in [0.717, 1.165) is 11.9 Å². The second-order valence-corrected chi connectivity index (χ2v) is 24.5. The van der Waals surface area contributed by atoms with Crippen LogP contribution < -0.4 is 30.7 Å². The van der Waals surface area contributed by atoms with Gasteiger partial charge in [0.25, 0.3) is 16.0 Å². The van der Waals surface area contributed by atoms with E-state index in [-0.39, 0.29) is 74.3 Å². The number of anilines is 1. The maximum Gasteiger partial charge on any atom is 0.323 e. The van der Waals surface area contributed by atoms with E-state index in [4.69, 9.17) is 0 Å². The van der Waals surface area contributed by atoms with Crippen molar-refractivity contribution < 1.29 is 83.8 Å². The van der Waals surface area contributed by atoms with Crippen molar-refractivity contribution in [3.63, 3.8) is 0 Å². The van der Waals surface area contributed by atoms with Crippen LogP contribution in [-0.4, -0.2) is 254 Å². The molecule has 0 spiro atoms. The number of fused-ring (bicyclic) bond motifs is 1. The number of H-pyrrole nitrogens is 1. The molecule has 0 saturated carbocycles. The first-order chi connectivity index (χ1) is 40.2. The Morgan fingerprint density at radius 1 is 0.624 bits per heavy atom. The highest BCUT2D eigenvalue weighted by atomic mass is 32.2. The van der Waals surface area contributed by atoms with E-state index in [9.17, 15) is 83.8 Å². The number of nitrogens with one attached hydrogen (secondary N) is 7. The van der Waals surface area contributed by atoms with Gasteiger partial charge in [-0.2, -0.15) is 18.2 Å². The van der Waals surface area contributed by atoms with E-state index in [2.05, 4.69) is 45.8 Å². The number of aromatic amines is 1. The first kappa shape index (κ1) is 66.1. The summed E-state index contributed by atoms with van der Waals surface area (Å²) in [6.07, 6.45) is 5.65. The van der Waals surface area contributed by atoms with Crippen LogP contribution in [0.15, 0.2) is 95.1 Å². The smallest absolute Gasteiger partial charge is 0.323 e. The first-order valence-electron chi connectivity index (χ1n) is 26.2. The molecule has 32 nitrogen and oxygen atoms in total. The zero-order chi connectivity index (χ0) is 61.9. The lowest BCUT2D eigenvalue weighted by Gasteiger charge is -2.33. The molecule has 1 aliphatic rings. The zero-order valence-corrected chi connectivity index (χ0v) is 48.0. The van der Waals surface area contributed by atoms with Gasteiger partial charge in [-0.3, -0.25) is 62.4 Å². The van der Waals surface area contributed by atoms with Crippen LogP contribution in [0.25, 0.3) is 22.0 Å². The van der Waals surface area contributed by atoms with Crippen LogP contribution in [0.4, 0.5) is 5.95 Å².